The quantitative estimate of drug-likeness (QED) is 0.667. The van der Waals surface area contributed by atoms with Crippen LogP contribution in [0.25, 0.3) is 0 Å². The highest BCUT2D eigenvalue weighted by molar-refractivity contribution is 6.09. The van der Waals surface area contributed by atoms with E-state index in [1.165, 1.54) is 0 Å². The van der Waals surface area contributed by atoms with Crippen LogP contribution in [0.4, 0.5) is 8.78 Å². The minimum Gasteiger partial charge on any atom is -0.372 e. The number of benzene rings is 1. The molecule has 5 nitrogen and oxygen atoms in total. The molecule has 2 amide bonds. The van der Waals surface area contributed by atoms with Crippen molar-refractivity contribution in [2.24, 2.45) is 0 Å². The fourth-order valence-electron chi connectivity index (χ4n) is 1.87. The largest absolute Gasteiger partial charge is 0.372 e. The van der Waals surface area contributed by atoms with Crippen LogP contribution in [0.2, 0.25) is 0 Å². The van der Waals surface area contributed by atoms with Crippen LogP contribution >= 0.6 is 0 Å². The molecule has 0 aliphatic carbocycles. The number of aliphatic hydroxyl groups is 1. The number of carbonyl (C=O) groups excluding carboxylic acids is 2. The van der Waals surface area contributed by atoms with Gasteiger partial charge in [-0.2, -0.15) is 0 Å². The molecule has 0 bridgehead atoms. The van der Waals surface area contributed by atoms with Crippen LogP contribution in [0.5, 0.6) is 0 Å². The highest BCUT2D eigenvalue weighted by atomic mass is 19.1. The van der Waals surface area contributed by atoms with E-state index in [1.54, 1.807) is 0 Å². The van der Waals surface area contributed by atoms with Crippen LogP contribution in [-0.2, 0) is 16.1 Å². The molecule has 1 fully saturated rings. The van der Waals surface area contributed by atoms with E-state index in [0.717, 1.165) is 12.1 Å². The fourth-order valence-corrected chi connectivity index (χ4v) is 1.87. The van der Waals surface area contributed by atoms with E-state index in [9.17, 15) is 23.5 Å². The lowest BCUT2D eigenvalue weighted by Gasteiger charge is -2.18. The van der Waals surface area contributed by atoms with E-state index in [-0.39, 0.29) is 25.1 Å². The first-order valence-electron chi connectivity index (χ1n) is 5.66. The second-order valence-corrected chi connectivity index (χ2v) is 4.33. The van der Waals surface area contributed by atoms with E-state index in [1.807, 2.05) is 0 Å². The summed E-state index contributed by atoms with van der Waals surface area (Å²) in [5.41, 5.74) is -1.90. The van der Waals surface area contributed by atoms with Gasteiger partial charge in [0.1, 0.15) is 11.6 Å². The molecule has 0 unspecified atom stereocenters. The van der Waals surface area contributed by atoms with Crippen LogP contribution in [-0.4, -0.2) is 29.1 Å². The fraction of sp³-hybridized carbons (Fsp3) is 0.333. The third-order valence-electron chi connectivity index (χ3n) is 2.90. The number of nitrogens with one attached hydrogen (secondary N) is 2. The first-order chi connectivity index (χ1) is 8.91. The number of amides is 2. The zero-order valence-corrected chi connectivity index (χ0v) is 9.87. The maximum Gasteiger partial charge on any atom is 0.262 e. The third kappa shape index (κ3) is 2.70. The second-order valence-electron chi connectivity index (χ2n) is 4.33. The smallest absolute Gasteiger partial charge is 0.262 e. The van der Waals surface area contributed by atoms with Crippen LogP contribution in [0.1, 0.15) is 12.0 Å². The molecule has 1 aromatic rings. The Morgan fingerprint density at radius 1 is 1.37 bits per heavy atom. The summed E-state index contributed by atoms with van der Waals surface area (Å²) in [4.78, 5) is 23.0. The van der Waals surface area contributed by atoms with Crippen LogP contribution in [0, 0.1) is 11.6 Å². The van der Waals surface area contributed by atoms with Gasteiger partial charge in [0, 0.05) is 25.6 Å². The Hall–Kier alpha value is -2.02. The van der Waals surface area contributed by atoms with Gasteiger partial charge >= 0.3 is 0 Å². The standard InChI is InChI=1S/C12H12F2N2O3/c13-8-3-7(4-9(14)5-8)6-16-11(18)12(19)1-2-15-10(12)17/h3-5,19H,1-2,6H2,(H,15,17)(H,16,18)/t12-/m1/s1. The van der Waals surface area contributed by atoms with E-state index in [2.05, 4.69) is 10.6 Å². The number of rotatable bonds is 3. The van der Waals surface area contributed by atoms with Gasteiger partial charge in [0.05, 0.1) is 0 Å². The topological polar surface area (TPSA) is 78.4 Å². The van der Waals surface area contributed by atoms with E-state index >= 15 is 0 Å². The van der Waals surface area contributed by atoms with Gasteiger partial charge in [0.15, 0.2) is 0 Å². The van der Waals surface area contributed by atoms with Gasteiger partial charge in [0.2, 0.25) is 5.60 Å². The Bertz CT molecular complexity index is 515. The lowest BCUT2D eigenvalue weighted by molar-refractivity contribution is -0.150. The Kier molecular flexibility index (Phi) is 3.48. The Balaban J connectivity index is 2.02. The van der Waals surface area contributed by atoms with Crippen molar-refractivity contribution in [1.82, 2.24) is 10.6 Å². The normalized spacial score (nSPS) is 22.2. The molecule has 1 atom stereocenters. The van der Waals surface area contributed by atoms with Gasteiger partial charge in [-0.3, -0.25) is 9.59 Å². The van der Waals surface area contributed by atoms with Gasteiger partial charge in [-0.25, -0.2) is 8.78 Å². The van der Waals surface area contributed by atoms with Gasteiger partial charge < -0.3 is 15.7 Å². The number of hydrogen-bond donors (Lipinski definition) is 3. The first-order valence-corrected chi connectivity index (χ1v) is 5.66. The highest BCUT2D eigenvalue weighted by Crippen LogP contribution is 2.16. The molecular weight excluding hydrogens is 258 g/mol. The predicted octanol–water partition coefficient (Wildman–Crippen LogP) is -0.168. The average Bonchev–Trinajstić information content (AvgIpc) is 2.67. The predicted molar refractivity (Wildman–Crippen MR) is 60.8 cm³/mol. The van der Waals surface area contributed by atoms with Gasteiger partial charge in [-0.15, -0.1) is 0 Å². The summed E-state index contributed by atoms with van der Waals surface area (Å²) in [6, 6.07) is 2.83. The molecule has 1 aromatic carbocycles. The number of carbonyl (C=O) groups is 2. The average molecular weight is 270 g/mol. The van der Waals surface area contributed by atoms with Crippen LogP contribution < -0.4 is 10.6 Å². The van der Waals surface area contributed by atoms with Gasteiger partial charge in [-0.1, -0.05) is 0 Å². The minimum absolute atomic E-state index is 0.0326. The van der Waals surface area contributed by atoms with Gasteiger partial charge in [0.25, 0.3) is 11.8 Å². The molecule has 0 aromatic heterocycles. The molecule has 19 heavy (non-hydrogen) atoms. The Labute approximate surface area is 107 Å². The van der Waals surface area contributed by atoms with Crippen molar-refractivity contribution in [1.29, 1.82) is 0 Å². The molecule has 1 saturated heterocycles. The number of hydrogen-bond acceptors (Lipinski definition) is 3. The maximum absolute atomic E-state index is 12.9. The van der Waals surface area contributed by atoms with Gasteiger partial charge in [-0.05, 0) is 17.7 Å². The summed E-state index contributed by atoms with van der Waals surface area (Å²) in [5.74, 6) is -3.18. The molecule has 0 spiro atoms. The lowest BCUT2D eigenvalue weighted by Crippen LogP contribution is -2.51. The monoisotopic (exact) mass is 270 g/mol. The summed E-state index contributed by atoms with van der Waals surface area (Å²) < 4.78 is 25.8. The lowest BCUT2D eigenvalue weighted by atomic mass is 10.0. The summed E-state index contributed by atoms with van der Waals surface area (Å²) in [5, 5.41) is 14.5. The molecule has 1 aliphatic rings. The van der Waals surface area contributed by atoms with E-state index in [0.29, 0.717) is 6.07 Å². The highest BCUT2D eigenvalue weighted by Gasteiger charge is 2.47. The van der Waals surface area contributed by atoms with Crippen molar-refractivity contribution >= 4 is 11.8 Å². The van der Waals surface area contributed by atoms with Crippen molar-refractivity contribution in [3.8, 4) is 0 Å². The summed E-state index contributed by atoms with van der Waals surface area (Å²) >= 11 is 0. The number of halogens is 2. The molecular formula is C12H12F2N2O3. The summed E-state index contributed by atoms with van der Waals surface area (Å²) in [7, 11) is 0. The maximum atomic E-state index is 12.9. The Morgan fingerprint density at radius 3 is 2.53 bits per heavy atom. The molecule has 7 heteroatoms. The summed E-state index contributed by atoms with van der Waals surface area (Å²) in [6.07, 6.45) is -0.0326. The first kappa shape index (κ1) is 13.4. The molecule has 0 radical (unpaired) electrons. The van der Waals surface area contributed by atoms with Crippen LogP contribution in [0.3, 0.4) is 0 Å². The van der Waals surface area contributed by atoms with Crippen LogP contribution in [0.15, 0.2) is 18.2 Å². The van der Waals surface area contributed by atoms with Crippen molar-refractivity contribution in [3.63, 3.8) is 0 Å². The molecule has 1 aliphatic heterocycles. The minimum atomic E-state index is -2.11. The van der Waals surface area contributed by atoms with Crippen molar-refractivity contribution < 1.29 is 23.5 Å². The van der Waals surface area contributed by atoms with Crippen molar-refractivity contribution in [2.45, 2.75) is 18.6 Å². The molecule has 2 rings (SSSR count). The zero-order chi connectivity index (χ0) is 14.0. The SMILES string of the molecule is O=C1NCC[C@]1(O)C(=O)NCc1cc(F)cc(F)c1. The second kappa shape index (κ2) is 4.93. The third-order valence-corrected chi connectivity index (χ3v) is 2.90. The van der Waals surface area contributed by atoms with E-state index < -0.39 is 29.0 Å². The van der Waals surface area contributed by atoms with Crippen molar-refractivity contribution in [3.05, 3.63) is 35.4 Å². The zero-order valence-electron chi connectivity index (χ0n) is 9.87. The Morgan fingerprint density at radius 2 is 2.00 bits per heavy atom. The van der Waals surface area contributed by atoms with Crippen molar-refractivity contribution in [2.75, 3.05) is 6.54 Å². The molecule has 1 heterocycles. The molecule has 3 N–H and O–H groups in total. The van der Waals surface area contributed by atoms with E-state index in [4.69, 9.17) is 0 Å². The summed E-state index contributed by atoms with van der Waals surface area (Å²) in [6.45, 7) is 0.0282. The molecule has 0 saturated carbocycles. The molecule has 102 valence electrons.